The minimum absolute atomic E-state index is 0.133. The van der Waals surface area contributed by atoms with Crippen molar-refractivity contribution in [3.05, 3.63) is 35.4 Å². The van der Waals surface area contributed by atoms with Crippen LogP contribution >= 0.6 is 0 Å². The molecule has 0 bridgehead atoms. The van der Waals surface area contributed by atoms with Crippen LogP contribution in [0.15, 0.2) is 29.8 Å². The van der Waals surface area contributed by atoms with E-state index in [1.165, 1.54) is 5.57 Å². The molecule has 1 aromatic carbocycles. The van der Waals surface area contributed by atoms with Crippen molar-refractivity contribution in [3.63, 3.8) is 0 Å². The highest BCUT2D eigenvalue weighted by atomic mass is 16.5. The molecule has 0 fully saturated rings. The zero-order valence-electron chi connectivity index (χ0n) is 11.2. The predicted octanol–water partition coefficient (Wildman–Crippen LogP) is 4.00. The molecule has 0 amide bonds. The first-order valence-corrected chi connectivity index (χ1v) is 6.66. The number of benzene rings is 1. The van der Waals surface area contributed by atoms with E-state index in [0.717, 1.165) is 24.2 Å². The van der Waals surface area contributed by atoms with Crippen LogP contribution in [0, 0.1) is 5.92 Å². The molecule has 0 saturated heterocycles. The molecule has 1 aliphatic carbocycles. The number of hydrogen-bond donors (Lipinski definition) is 1. The summed E-state index contributed by atoms with van der Waals surface area (Å²) in [5, 5.41) is 9.70. The Balaban J connectivity index is 2.15. The van der Waals surface area contributed by atoms with Crippen LogP contribution in [0.5, 0.6) is 11.5 Å². The first-order valence-electron chi connectivity index (χ1n) is 6.66. The second-order valence-corrected chi connectivity index (χ2v) is 6.11. The van der Waals surface area contributed by atoms with Crippen LogP contribution in [0.3, 0.4) is 0 Å². The van der Waals surface area contributed by atoms with Crippen LogP contribution in [-0.2, 0) is 0 Å². The predicted molar refractivity (Wildman–Crippen MR) is 72.0 cm³/mol. The van der Waals surface area contributed by atoms with Crippen molar-refractivity contribution in [2.75, 3.05) is 0 Å². The topological polar surface area (TPSA) is 29.5 Å². The Morgan fingerprint density at radius 2 is 2.11 bits per heavy atom. The Bertz CT molecular complexity index is 514. The molecular weight excluding hydrogens is 224 g/mol. The quantitative estimate of drug-likeness (QED) is 0.699. The van der Waals surface area contributed by atoms with Gasteiger partial charge in [0.25, 0.3) is 0 Å². The third kappa shape index (κ3) is 1.71. The summed E-state index contributed by atoms with van der Waals surface area (Å²) in [7, 11) is 0. The number of phenols is 1. The van der Waals surface area contributed by atoms with Gasteiger partial charge in [-0.15, -0.1) is 0 Å². The minimum Gasteiger partial charge on any atom is -0.508 e. The number of allylic oxidation sites excluding steroid dienone is 2. The summed E-state index contributed by atoms with van der Waals surface area (Å²) in [6, 6.07) is 5.45. The van der Waals surface area contributed by atoms with E-state index >= 15 is 0 Å². The molecule has 2 aliphatic rings. The summed E-state index contributed by atoms with van der Waals surface area (Å²) in [4.78, 5) is 0. The van der Waals surface area contributed by atoms with Crippen molar-refractivity contribution >= 4 is 0 Å². The highest BCUT2D eigenvalue weighted by Gasteiger charge is 2.43. The fourth-order valence-electron chi connectivity index (χ4n) is 3.40. The standard InChI is InChI=1S/C16H20O2/c1-10-4-6-14-12(8-10)13-9-11(17)5-7-15(13)18-16(14,2)3/h5,7-9,12,14,17H,4,6H2,1-3H3/t12-,14-/m0/s1. The summed E-state index contributed by atoms with van der Waals surface area (Å²) in [5.74, 6) is 2.12. The first-order chi connectivity index (χ1) is 8.47. The van der Waals surface area contributed by atoms with Gasteiger partial charge in [-0.25, -0.2) is 0 Å². The van der Waals surface area contributed by atoms with Crippen molar-refractivity contribution in [2.24, 2.45) is 5.92 Å². The Kier molecular flexibility index (Phi) is 2.44. The Morgan fingerprint density at radius 1 is 1.33 bits per heavy atom. The fraction of sp³-hybridized carbons (Fsp3) is 0.500. The molecule has 0 radical (unpaired) electrons. The van der Waals surface area contributed by atoms with Gasteiger partial charge in [-0.1, -0.05) is 11.6 Å². The summed E-state index contributed by atoms with van der Waals surface area (Å²) >= 11 is 0. The van der Waals surface area contributed by atoms with Gasteiger partial charge in [-0.05, 0) is 51.8 Å². The van der Waals surface area contributed by atoms with Crippen molar-refractivity contribution in [1.82, 2.24) is 0 Å². The molecule has 96 valence electrons. The number of rotatable bonds is 0. The highest BCUT2D eigenvalue weighted by Crippen LogP contribution is 2.50. The molecule has 0 saturated carbocycles. The van der Waals surface area contributed by atoms with E-state index in [1.807, 2.05) is 12.1 Å². The largest absolute Gasteiger partial charge is 0.508 e. The molecule has 3 rings (SSSR count). The maximum atomic E-state index is 9.70. The molecule has 0 spiro atoms. The van der Waals surface area contributed by atoms with Crippen LogP contribution in [-0.4, -0.2) is 10.7 Å². The summed E-state index contributed by atoms with van der Waals surface area (Å²) in [6.45, 7) is 6.55. The van der Waals surface area contributed by atoms with Gasteiger partial charge in [-0.2, -0.15) is 0 Å². The second-order valence-electron chi connectivity index (χ2n) is 6.11. The van der Waals surface area contributed by atoms with Crippen molar-refractivity contribution < 1.29 is 9.84 Å². The molecule has 0 aromatic heterocycles. The minimum atomic E-state index is -0.133. The zero-order valence-corrected chi connectivity index (χ0v) is 11.2. The highest BCUT2D eigenvalue weighted by molar-refractivity contribution is 5.47. The summed E-state index contributed by atoms with van der Waals surface area (Å²) in [6.07, 6.45) is 4.67. The lowest BCUT2D eigenvalue weighted by atomic mass is 9.68. The van der Waals surface area contributed by atoms with Crippen LogP contribution in [0.2, 0.25) is 0 Å². The average molecular weight is 244 g/mol. The monoisotopic (exact) mass is 244 g/mol. The van der Waals surface area contributed by atoms with E-state index in [4.69, 9.17) is 4.74 Å². The maximum Gasteiger partial charge on any atom is 0.124 e. The number of hydrogen-bond acceptors (Lipinski definition) is 2. The normalized spacial score (nSPS) is 28.7. The van der Waals surface area contributed by atoms with Gasteiger partial charge in [0.1, 0.15) is 17.1 Å². The molecular formula is C16H20O2. The maximum absolute atomic E-state index is 9.70. The van der Waals surface area contributed by atoms with Crippen molar-refractivity contribution in [1.29, 1.82) is 0 Å². The molecule has 2 atom stereocenters. The number of phenolic OH excluding ortho intramolecular Hbond substituents is 1. The molecule has 1 aromatic rings. The smallest absolute Gasteiger partial charge is 0.124 e. The molecule has 18 heavy (non-hydrogen) atoms. The lowest BCUT2D eigenvalue weighted by Gasteiger charge is -2.46. The van der Waals surface area contributed by atoms with Gasteiger partial charge in [0.05, 0.1) is 0 Å². The van der Waals surface area contributed by atoms with Crippen LogP contribution in [0.4, 0.5) is 0 Å². The molecule has 1 heterocycles. The van der Waals surface area contributed by atoms with Gasteiger partial charge in [-0.3, -0.25) is 0 Å². The zero-order chi connectivity index (χ0) is 12.9. The van der Waals surface area contributed by atoms with Crippen LogP contribution in [0.25, 0.3) is 0 Å². The van der Waals surface area contributed by atoms with Gasteiger partial charge >= 0.3 is 0 Å². The number of ether oxygens (including phenoxy) is 1. The number of aromatic hydroxyl groups is 1. The molecule has 1 N–H and O–H groups in total. The van der Waals surface area contributed by atoms with E-state index in [9.17, 15) is 5.11 Å². The molecule has 0 unspecified atom stereocenters. The van der Waals surface area contributed by atoms with Gasteiger partial charge in [0.2, 0.25) is 0 Å². The SMILES string of the molecule is CC1=C[C@H]2c3cc(O)ccc3OC(C)(C)[C@H]2CC1. The van der Waals surface area contributed by atoms with E-state index in [2.05, 4.69) is 26.8 Å². The number of fused-ring (bicyclic) bond motifs is 3. The first kappa shape index (κ1) is 11.6. The Labute approximate surface area is 108 Å². The van der Waals surface area contributed by atoms with Crippen molar-refractivity contribution in [2.45, 2.75) is 45.1 Å². The molecule has 2 heteroatoms. The Hall–Kier alpha value is -1.44. The lowest BCUT2D eigenvalue weighted by molar-refractivity contribution is 0.0115. The fourth-order valence-corrected chi connectivity index (χ4v) is 3.40. The van der Waals surface area contributed by atoms with Gasteiger partial charge < -0.3 is 9.84 Å². The van der Waals surface area contributed by atoms with Crippen molar-refractivity contribution in [3.8, 4) is 11.5 Å². The summed E-state index contributed by atoms with van der Waals surface area (Å²) in [5.41, 5.74) is 2.45. The third-order valence-corrected chi connectivity index (χ3v) is 4.37. The van der Waals surface area contributed by atoms with Gasteiger partial charge in [0, 0.05) is 17.4 Å². The average Bonchev–Trinajstić information content (AvgIpc) is 2.30. The van der Waals surface area contributed by atoms with E-state index in [-0.39, 0.29) is 5.60 Å². The third-order valence-electron chi connectivity index (χ3n) is 4.37. The second kappa shape index (κ2) is 3.78. The lowest BCUT2D eigenvalue weighted by Crippen LogP contribution is -2.45. The van der Waals surface area contributed by atoms with Gasteiger partial charge in [0.15, 0.2) is 0 Å². The van der Waals surface area contributed by atoms with E-state index < -0.39 is 0 Å². The molecule has 2 nitrogen and oxygen atoms in total. The van der Waals surface area contributed by atoms with E-state index in [0.29, 0.717) is 17.6 Å². The van der Waals surface area contributed by atoms with Crippen LogP contribution in [0.1, 0.15) is 45.1 Å². The van der Waals surface area contributed by atoms with Crippen LogP contribution < -0.4 is 4.74 Å². The molecule has 1 aliphatic heterocycles. The summed E-state index contributed by atoms with van der Waals surface area (Å²) < 4.78 is 6.14. The Morgan fingerprint density at radius 3 is 2.89 bits per heavy atom. The van der Waals surface area contributed by atoms with E-state index in [1.54, 1.807) is 6.07 Å².